The first kappa shape index (κ1) is 42.9. The standard InChI is InChI=1S/C30H48N2O21/c1-3-4-5-8-45-28(43)31-6-7-32-29(44)46-11-14-22(20(40)23-26(49-14)53-30(2,52-23)27(41)42)51-25-19(39)17(37)21(13(10-34)48-25)50-24-18(38)16(36)15(35)12(9-33)47-24/h3,12-26,33-40H,1,4-11H2,2H3,(H,31,43)(H,32,44)(H,41,42). The summed E-state index contributed by atoms with van der Waals surface area (Å²) in [6.07, 6.45) is -24.5. The number of fused-ring (bicyclic) bond motifs is 1. The second-order valence-electron chi connectivity index (χ2n) is 12.6. The van der Waals surface area contributed by atoms with Gasteiger partial charge in [-0.15, -0.1) is 6.58 Å². The molecular formula is C30H48N2O21. The van der Waals surface area contributed by atoms with E-state index in [1.165, 1.54) is 0 Å². The number of aliphatic hydroxyl groups is 8. The first-order valence-electron chi connectivity index (χ1n) is 16.7. The van der Waals surface area contributed by atoms with Gasteiger partial charge >= 0.3 is 18.2 Å². The molecule has 16 atom stereocenters. The van der Waals surface area contributed by atoms with Crippen molar-refractivity contribution in [2.75, 3.05) is 39.5 Å². The zero-order valence-electron chi connectivity index (χ0n) is 28.5. The van der Waals surface area contributed by atoms with E-state index in [4.69, 9.17) is 42.6 Å². The number of allylic oxidation sites excluding steroid dienone is 1. The number of carboxylic acids is 1. The van der Waals surface area contributed by atoms with Crippen LogP contribution in [0.15, 0.2) is 12.7 Å². The summed E-state index contributed by atoms with van der Waals surface area (Å²) in [5, 5.41) is 97.8. The highest BCUT2D eigenvalue weighted by Gasteiger charge is 2.60. The van der Waals surface area contributed by atoms with Crippen molar-refractivity contribution >= 4 is 18.2 Å². The van der Waals surface area contributed by atoms with Gasteiger partial charge in [-0.3, -0.25) is 0 Å². The molecule has 0 aromatic rings. The van der Waals surface area contributed by atoms with Gasteiger partial charge in [0.1, 0.15) is 79.9 Å². The van der Waals surface area contributed by atoms with Crippen molar-refractivity contribution in [1.82, 2.24) is 10.6 Å². The first-order valence-corrected chi connectivity index (χ1v) is 16.7. The SMILES string of the molecule is C=CCCCOC(=O)NCCNC(=O)OCC1OC2OC(C)(C(=O)O)OC2C(O)C1OC1OC(CO)C(OC2OC(CO)C(O)C(O)C2O)C(O)C1O. The van der Waals surface area contributed by atoms with Gasteiger partial charge in [0.2, 0.25) is 0 Å². The molecule has 2 amide bonds. The quantitative estimate of drug-likeness (QED) is 0.0515. The molecule has 0 aromatic carbocycles. The average Bonchev–Trinajstić information content (AvgIpc) is 3.49. The highest BCUT2D eigenvalue weighted by atomic mass is 16.8. The molecule has 0 bridgehead atoms. The Morgan fingerprint density at radius 1 is 0.736 bits per heavy atom. The van der Waals surface area contributed by atoms with Crippen LogP contribution in [0.4, 0.5) is 9.59 Å². The number of amides is 2. The van der Waals surface area contributed by atoms with Gasteiger partial charge in [-0.05, 0) is 12.8 Å². The Hall–Kier alpha value is -2.85. The topological polar surface area (TPSA) is 340 Å². The van der Waals surface area contributed by atoms with Crippen LogP contribution in [0.3, 0.4) is 0 Å². The minimum absolute atomic E-state index is 0.0329. The smallest absolute Gasteiger partial charge is 0.407 e. The van der Waals surface area contributed by atoms with Crippen LogP contribution < -0.4 is 10.6 Å². The summed E-state index contributed by atoms with van der Waals surface area (Å²) in [4.78, 5) is 36.0. The zero-order chi connectivity index (χ0) is 39.0. The zero-order valence-corrected chi connectivity index (χ0v) is 28.5. The Morgan fingerprint density at radius 3 is 1.89 bits per heavy atom. The second-order valence-corrected chi connectivity index (χ2v) is 12.6. The van der Waals surface area contributed by atoms with E-state index in [9.17, 15) is 60.3 Å². The van der Waals surface area contributed by atoms with Gasteiger partial charge in [-0.1, -0.05) is 6.08 Å². The van der Waals surface area contributed by atoms with Gasteiger partial charge in [0.15, 0.2) is 18.9 Å². The Balaban J connectivity index is 1.40. The van der Waals surface area contributed by atoms with Gasteiger partial charge in [-0.2, -0.15) is 0 Å². The van der Waals surface area contributed by atoms with E-state index in [1.807, 2.05) is 0 Å². The Bertz CT molecular complexity index is 1230. The third-order valence-electron chi connectivity index (χ3n) is 8.79. The Labute approximate surface area is 301 Å². The highest BCUT2D eigenvalue weighted by Crippen LogP contribution is 2.39. The van der Waals surface area contributed by atoms with Crippen LogP contribution in [-0.4, -0.2) is 202 Å². The number of nitrogens with one attached hydrogen (secondary N) is 2. The maximum absolute atomic E-state index is 12.5. The molecule has 4 heterocycles. The molecule has 4 aliphatic heterocycles. The molecule has 0 spiro atoms. The molecule has 23 nitrogen and oxygen atoms in total. The lowest BCUT2D eigenvalue weighted by atomic mass is 9.96. The van der Waals surface area contributed by atoms with Gasteiger partial charge in [-0.25, -0.2) is 14.4 Å². The number of unbranched alkanes of at least 4 members (excludes halogenated alkanes) is 1. The van der Waals surface area contributed by atoms with Crippen LogP contribution in [0, 0.1) is 0 Å². The van der Waals surface area contributed by atoms with Crippen molar-refractivity contribution in [3.05, 3.63) is 12.7 Å². The van der Waals surface area contributed by atoms with E-state index in [0.29, 0.717) is 12.8 Å². The van der Waals surface area contributed by atoms with Crippen molar-refractivity contribution in [2.45, 2.75) is 118 Å². The largest absolute Gasteiger partial charge is 0.477 e. The number of hydrogen-bond acceptors (Lipinski definition) is 20. The predicted octanol–water partition coefficient (Wildman–Crippen LogP) is -5.28. The number of rotatable bonds is 16. The van der Waals surface area contributed by atoms with E-state index < -0.39 is 136 Å². The van der Waals surface area contributed by atoms with Crippen LogP contribution >= 0.6 is 0 Å². The summed E-state index contributed by atoms with van der Waals surface area (Å²) in [7, 11) is 0. The molecule has 11 N–H and O–H groups in total. The van der Waals surface area contributed by atoms with E-state index in [0.717, 1.165) is 6.92 Å². The number of aliphatic hydroxyl groups excluding tert-OH is 8. The lowest BCUT2D eigenvalue weighted by Crippen LogP contribution is -2.66. The highest BCUT2D eigenvalue weighted by molar-refractivity contribution is 5.75. The third-order valence-corrected chi connectivity index (χ3v) is 8.79. The van der Waals surface area contributed by atoms with Crippen molar-refractivity contribution in [1.29, 1.82) is 0 Å². The summed E-state index contributed by atoms with van der Waals surface area (Å²) in [6, 6.07) is 0. The van der Waals surface area contributed by atoms with Crippen molar-refractivity contribution in [3.63, 3.8) is 0 Å². The molecule has 0 radical (unpaired) electrons. The van der Waals surface area contributed by atoms with Crippen LogP contribution in [0.25, 0.3) is 0 Å². The molecule has 4 fully saturated rings. The van der Waals surface area contributed by atoms with Gasteiger partial charge in [0, 0.05) is 20.0 Å². The number of carbonyl (C=O) groups excluding carboxylic acids is 2. The van der Waals surface area contributed by atoms with Crippen molar-refractivity contribution in [3.8, 4) is 0 Å². The maximum Gasteiger partial charge on any atom is 0.407 e. The number of hydrogen-bond donors (Lipinski definition) is 11. The van der Waals surface area contributed by atoms with E-state index in [2.05, 4.69) is 17.2 Å². The molecule has 0 aromatic heterocycles. The van der Waals surface area contributed by atoms with Crippen LogP contribution in [0.1, 0.15) is 19.8 Å². The summed E-state index contributed by atoms with van der Waals surface area (Å²) in [5.41, 5.74) is 0. The fourth-order valence-corrected chi connectivity index (χ4v) is 5.83. The van der Waals surface area contributed by atoms with E-state index >= 15 is 0 Å². The molecule has 23 heteroatoms. The molecule has 0 aliphatic carbocycles. The summed E-state index contributed by atoms with van der Waals surface area (Å²) >= 11 is 0. The van der Waals surface area contributed by atoms with Crippen molar-refractivity contribution in [2.24, 2.45) is 0 Å². The van der Waals surface area contributed by atoms with Crippen LogP contribution in [0.5, 0.6) is 0 Å². The molecular weight excluding hydrogens is 724 g/mol. The summed E-state index contributed by atoms with van der Waals surface area (Å²) < 4.78 is 49.0. The fraction of sp³-hybridized carbons (Fsp3) is 0.833. The number of carboxylic acid groups (broad SMARTS) is 1. The lowest BCUT2D eigenvalue weighted by molar-refractivity contribution is -0.374. The third kappa shape index (κ3) is 10.3. The maximum atomic E-state index is 12.5. The normalized spacial score (nSPS) is 41.2. The molecule has 16 unspecified atom stereocenters. The molecule has 4 saturated heterocycles. The number of alkyl carbamates (subject to hydrolysis) is 2. The number of carbonyl (C=O) groups is 3. The second kappa shape index (κ2) is 19.1. The average molecular weight is 773 g/mol. The first-order chi connectivity index (χ1) is 25.1. The Morgan fingerprint density at radius 2 is 1.30 bits per heavy atom. The molecule has 0 saturated carbocycles. The molecule has 304 valence electrons. The molecule has 4 rings (SSSR count). The fourth-order valence-electron chi connectivity index (χ4n) is 5.83. The summed E-state index contributed by atoms with van der Waals surface area (Å²) in [6.45, 7) is 2.29. The minimum Gasteiger partial charge on any atom is -0.477 e. The predicted molar refractivity (Wildman–Crippen MR) is 166 cm³/mol. The Kier molecular flexibility index (Phi) is 15.5. The summed E-state index contributed by atoms with van der Waals surface area (Å²) in [5.74, 6) is -3.84. The number of ether oxygens (including phenoxy) is 9. The lowest BCUT2D eigenvalue weighted by Gasteiger charge is -2.47. The molecule has 53 heavy (non-hydrogen) atoms. The van der Waals surface area contributed by atoms with Gasteiger partial charge in [0.25, 0.3) is 5.79 Å². The van der Waals surface area contributed by atoms with Gasteiger partial charge in [0.05, 0.1) is 19.8 Å². The van der Waals surface area contributed by atoms with Crippen LogP contribution in [0.2, 0.25) is 0 Å². The minimum atomic E-state index is -2.28. The number of aliphatic carboxylic acids is 1. The van der Waals surface area contributed by atoms with Crippen LogP contribution in [-0.2, 0) is 47.4 Å². The van der Waals surface area contributed by atoms with E-state index in [-0.39, 0.29) is 19.7 Å². The monoisotopic (exact) mass is 772 g/mol. The van der Waals surface area contributed by atoms with Crippen molar-refractivity contribution < 1.29 is 103 Å². The van der Waals surface area contributed by atoms with Gasteiger partial charge < -0.3 is 99.2 Å². The molecule has 4 aliphatic rings. The van der Waals surface area contributed by atoms with E-state index in [1.54, 1.807) is 6.08 Å².